The molecule has 4 rings (SSSR count). The molecule has 0 saturated heterocycles. The van der Waals surface area contributed by atoms with Crippen molar-refractivity contribution in [3.05, 3.63) is 11.6 Å². The average Bonchev–Trinajstić information content (AvgIpc) is 2.66. The molecule has 4 aliphatic rings. The molecule has 3 unspecified atom stereocenters. The lowest BCUT2D eigenvalue weighted by molar-refractivity contribution is -0.146. The highest BCUT2D eigenvalue weighted by Crippen LogP contribution is 2.64. The number of hydrogen-bond acceptors (Lipinski definition) is 4. The largest absolute Gasteiger partial charge is 0.393 e. The lowest BCUT2D eigenvalue weighted by atomic mass is 9.50. The maximum absolute atomic E-state index is 10.9. The third-order valence-electron chi connectivity index (χ3n) is 8.11. The monoisotopic (exact) mass is 322 g/mol. The molecule has 0 heterocycles. The predicted molar refractivity (Wildman–Crippen MR) is 86.5 cm³/mol. The fraction of sp³-hybridized carbons (Fsp3) is 0.895. The molecule has 3 fully saturated rings. The maximum atomic E-state index is 10.9. The van der Waals surface area contributed by atoms with E-state index in [0.717, 1.165) is 25.7 Å². The first-order chi connectivity index (χ1) is 10.8. The lowest BCUT2D eigenvalue weighted by Crippen LogP contribution is -2.55. The zero-order valence-electron chi connectivity index (χ0n) is 14.2. The van der Waals surface area contributed by atoms with E-state index in [1.165, 1.54) is 5.57 Å². The van der Waals surface area contributed by atoms with Crippen molar-refractivity contribution in [2.24, 2.45) is 29.1 Å². The SMILES string of the molecule is C[C@]12CCC3C(C1C[C@@H](O)[C@]2(C)O)[C@@H](O)C=C1C[C@@H](O)CC[C@@H]13. The normalized spacial score (nSPS) is 58.9. The van der Waals surface area contributed by atoms with Crippen LogP contribution in [0.5, 0.6) is 0 Å². The minimum Gasteiger partial charge on any atom is -0.393 e. The zero-order chi connectivity index (χ0) is 16.6. The third-order valence-corrected chi connectivity index (χ3v) is 8.11. The molecule has 0 aromatic heterocycles. The van der Waals surface area contributed by atoms with E-state index in [1.807, 2.05) is 6.08 Å². The predicted octanol–water partition coefficient (Wildman–Crippen LogP) is 1.61. The molecule has 0 radical (unpaired) electrons. The van der Waals surface area contributed by atoms with Gasteiger partial charge in [-0.1, -0.05) is 18.6 Å². The van der Waals surface area contributed by atoms with Crippen LogP contribution in [-0.2, 0) is 0 Å². The molecule has 0 amide bonds. The Morgan fingerprint density at radius 2 is 1.83 bits per heavy atom. The molecule has 4 N–H and O–H groups in total. The van der Waals surface area contributed by atoms with Gasteiger partial charge in [-0.25, -0.2) is 0 Å². The summed E-state index contributed by atoms with van der Waals surface area (Å²) >= 11 is 0. The minimum absolute atomic E-state index is 0.126. The van der Waals surface area contributed by atoms with Crippen molar-refractivity contribution < 1.29 is 20.4 Å². The number of rotatable bonds is 0. The summed E-state index contributed by atoms with van der Waals surface area (Å²) < 4.78 is 0. The van der Waals surface area contributed by atoms with Gasteiger partial charge in [-0.05, 0) is 69.1 Å². The van der Waals surface area contributed by atoms with E-state index in [1.54, 1.807) is 6.92 Å². The first-order valence-electron chi connectivity index (χ1n) is 9.23. The Kier molecular flexibility index (Phi) is 3.52. The third kappa shape index (κ3) is 2.05. The first-order valence-corrected chi connectivity index (χ1v) is 9.23. The second kappa shape index (κ2) is 5.04. The summed E-state index contributed by atoms with van der Waals surface area (Å²) in [4.78, 5) is 0. The van der Waals surface area contributed by atoms with E-state index >= 15 is 0 Å². The van der Waals surface area contributed by atoms with Gasteiger partial charge in [0, 0.05) is 5.41 Å². The van der Waals surface area contributed by atoms with Crippen molar-refractivity contribution in [2.45, 2.75) is 76.3 Å². The highest BCUT2D eigenvalue weighted by Gasteiger charge is 2.65. The summed E-state index contributed by atoms with van der Waals surface area (Å²) in [6.07, 6.45) is 5.55. The van der Waals surface area contributed by atoms with E-state index < -0.39 is 17.8 Å². The van der Waals surface area contributed by atoms with E-state index in [0.29, 0.717) is 24.7 Å². The Morgan fingerprint density at radius 3 is 2.57 bits per heavy atom. The van der Waals surface area contributed by atoms with Crippen molar-refractivity contribution in [3.63, 3.8) is 0 Å². The van der Waals surface area contributed by atoms with E-state index in [4.69, 9.17) is 0 Å². The van der Waals surface area contributed by atoms with Gasteiger partial charge in [0.2, 0.25) is 0 Å². The Morgan fingerprint density at radius 1 is 1.09 bits per heavy atom. The van der Waals surface area contributed by atoms with Gasteiger partial charge < -0.3 is 20.4 Å². The van der Waals surface area contributed by atoms with Crippen LogP contribution in [-0.4, -0.2) is 44.3 Å². The number of fused-ring (bicyclic) bond motifs is 5. The van der Waals surface area contributed by atoms with Crippen LogP contribution in [0.3, 0.4) is 0 Å². The summed E-state index contributed by atoms with van der Waals surface area (Å²) in [5, 5.41) is 42.1. The van der Waals surface area contributed by atoms with Gasteiger partial charge in [0.15, 0.2) is 0 Å². The van der Waals surface area contributed by atoms with Crippen molar-refractivity contribution in [1.29, 1.82) is 0 Å². The van der Waals surface area contributed by atoms with E-state index in [-0.39, 0.29) is 23.4 Å². The average molecular weight is 322 g/mol. The van der Waals surface area contributed by atoms with Crippen LogP contribution in [0, 0.1) is 29.1 Å². The minimum atomic E-state index is -1.07. The molecule has 23 heavy (non-hydrogen) atoms. The van der Waals surface area contributed by atoms with Gasteiger partial charge in [0.25, 0.3) is 0 Å². The Bertz CT molecular complexity index is 527. The van der Waals surface area contributed by atoms with Crippen LogP contribution in [0.25, 0.3) is 0 Å². The van der Waals surface area contributed by atoms with Crippen LogP contribution in [0.2, 0.25) is 0 Å². The first kappa shape index (κ1) is 16.1. The molecule has 4 heteroatoms. The van der Waals surface area contributed by atoms with Gasteiger partial charge in [-0.15, -0.1) is 0 Å². The van der Waals surface area contributed by atoms with Crippen LogP contribution in [0.1, 0.15) is 52.4 Å². The van der Waals surface area contributed by atoms with Gasteiger partial charge in [-0.2, -0.15) is 0 Å². The molecule has 130 valence electrons. The highest BCUT2D eigenvalue weighted by atomic mass is 16.3. The fourth-order valence-electron chi connectivity index (χ4n) is 6.52. The molecule has 0 spiro atoms. The molecule has 4 nitrogen and oxygen atoms in total. The molecular formula is C19H30O4. The second-order valence-corrected chi connectivity index (χ2v) is 8.98. The molecular weight excluding hydrogens is 292 g/mol. The fourth-order valence-corrected chi connectivity index (χ4v) is 6.52. The lowest BCUT2D eigenvalue weighted by Gasteiger charge is -2.55. The quantitative estimate of drug-likeness (QED) is 0.511. The molecule has 3 saturated carbocycles. The summed E-state index contributed by atoms with van der Waals surface area (Å²) in [5.74, 6) is 1.18. The molecule has 0 bridgehead atoms. The maximum Gasteiger partial charge on any atom is 0.0933 e. The summed E-state index contributed by atoms with van der Waals surface area (Å²) in [5.41, 5.74) is -0.158. The van der Waals surface area contributed by atoms with Crippen LogP contribution >= 0.6 is 0 Å². The van der Waals surface area contributed by atoms with Crippen LogP contribution in [0.4, 0.5) is 0 Å². The second-order valence-electron chi connectivity index (χ2n) is 8.98. The van der Waals surface area contributed by atoms with Gasteiger partial charge in [0.1, 0.15) is 0 Å². The summed E-state index contributed by atoms with van der Waals surface area (Å²) in [7, 11) is 0. The van der Waals surface area contributed by atoms with Crippen molar-refractivity contribution >= 4 is 0 Å². The summed E-state index contributed by atoms with van der Waals surface area (Å²) in [6, 6.07) is 0. The van der Waals surface area contributed by atoms with Gasteiger partial charge >= 0.3 is 0 Å². The standard InChI is InChI=1S/C19H30O4/c1-18-6-5-13-12-4-3-11(20)7-10(12)8-15(21)17(13)14(18)9-16(22)19(18,2)23/h8,11-17,20-23H,3-7,9H2,1-2H3/t11-,12-,13?,14?,15-,16+,17?,18-,19-/m0/s1. The Labute approximate surface area is 138 Å². The molecule has 0 aromatic carbocycles. The van der Waals surface area contributed by atoms with Gasteiger partial charge in [0.05, 0.1) is 23.9 Å². The number of hydrogen-bond donors (Lipinski definition) is 4. The van der Waals surface area contributed by atoms with Crippen LogP contribution < -0.4 is 0 Å². The smallest absolute Gasteiger partial charge is 0.0933 e. The van der Waals surface area contributed by atoms with E-state index in [9.17, 15) is 20.4 Å². The molecule has 0 aliphatic heterocycles. The topological polar surface area (TPSA) is 80.9 Å². The van der Waals surface area contributed by atoms with E-state index in [2.05, 4.69) is 6.92 Å². The van der Waals surface area contributed by atoms with Gasteiger partial charge in [-0.3, -0.25) is 0 Å². The highest BCUT2D eigenvalue weighted by molar-refractivity contribution is 5.24. The number of aliphatic hydroxyl groups excluding tert-OH is 3. The van der Waals surface area contributed by atoms with Crippen molar-refractivity contribution in [1.82, 2.24) is 0 Å². The molecule has 9 atom stereocenters. The number of aliphatic hydroxyl groups is 4. The van der Waals surface area contributed by atoms with Crippen LogP contribution in [0.15, 0.2) is 11.6 Å². The Balaban J connectivity index is 1.70. The molecule has 4 aliphatic carbocycles. The van der Waals surface area contributed by atoms with Crippen molar-refractivity contribution in [3.8, 4) is 0 Å². The molecule has 0 aromatic rings. The van der Waals surface area contributed by atoms with Crippen molar-refractivity contribution in [2.75, 3.05) is 0 Å². The Hall–Kier alpha value is -0.420. The zero-order valence-corrected chi connectivity index (χ0v) is 14.2. The summed E-state index contributed by atoms with van der Waals surface area (Å²) in [6.45, 7) is 3.87.